The molecule has 0 aromatic carbocycles. The van der Waals surface area contributed by atoms with Gasteiger partial charge in [0.2, 0.25) is 0 Å². The molecule has 1 saturated heterocycles. The van der Waals surface area contributed by atoms with Crippen LogP contribution < -0.4 is 0 Å². The highest BCUT2D eigenvalue weighted by atomic mass is 16.5. The van der Waals surface area contributed by atoms with Crippen LogP contribution in [0.3, 0.4) is 0 Å². The lowest BCUT2D eigenvalue weighted by atomic mass is 9.98. The van der Waals surface area contributed by atoms with Gasteiger partial charge in [-0.05, 0) is 57.9 Å². The quantitative estimate of drug-likeness (QED) is 0.0518. The van der Waals surface area contributed by atoms with Crippen molar-refractivity contribution in [1.82, 2.24) is 0 Å². The zero-order chi connectivity index (χ0) is 32.0. The van der Waals surface area contributed by atoms with Crippen LogP contribution >= 0.6 is 0 Å². The van der Waals surface area contributed by atoms with Crippen molar-refractivity contribution in [2.75, 3.05) is 0 Å². The Morgan fingerprint density at radius 2 is 1.23 bits per heavy atom. The molecular weight excluding hydrogens is 556 g/mol. The highest BCUT2D eigenvalue weighted by Crippen LogP contribution is 2.28. The first-order valence-corrected chi connectivity index (χ1v) is 18.6. The number of cyclic esters (lactones) is 1. The van der Waals surface area contributed by atoms with Gasteiger partial charge in [-0.1, -0.05) is 116 Å². The second kappa shape index (κ2) is 24.2. The molecule has 2 aliphatic heterocycles. The van der Waals surface area contributed by atoms with Gasteiger partial charge in [0, 0.05) is 12.0 Å². The second-order valence-corrected chi connectivity index (χ2v) is 13.8. The van der Waals surface area contributed by atoms with Gasteiger partial charge in [0.25, 0.3) is 0 Å². The maximum Gasteiger partial charge on any atom is 0.334 e. The average Bonchev–Trinajstić information content (AvgIpc) is 3.60. The molecule has 1 fully saturated rings. The Labute approximate surface area is 269 Å². The summed E-state index contributed by atoms with van der Waals surface area (Å²) in [4.78, 5) is 11.7. The summed E-state index contributed by atoms with van der Waals surface area (Å²) in [5.74, 6) is -0.291. The van der Waals surface area contributed by atoms with E-state index in [-0.39, 0.29) is 24.3 Å². The lowest BCUT2D eigenvalue weighted by Crippen LogP contribution is -2.27. The van der Waals surface area contributed by atoms with Crippen molar-refractivity contribution >= 4 is 5.97 Å². The van der Waals surface area contributed by atoms with Crippen molar-refractivity contribution in [1.29, 1.82) is 0 Å². The SMILES string of the molecule is CCCCCCCCCCCCC(O)C(O)CCCCC(O)C1CCC(CCCCCCCC(O)CC2=C[C@H](C)OC2=O)O1. The van der Waals surface area contributed by atoms with E-state index in [9.17, 15) is 25.2 Å². The molecule has 44 heavy (non-hydrogen) atoms. The van der Waals surface area contributed by atoms with Crippen molar-refractivity contribution in [2.24, 2.45) is 0 Å². The Hall–Kier alpha value is -0.990. The fourth-order valence-corrected chi connectivity index (χ4v) is 6.77. The molecule has 6 unspecified atom stereocenters. The topological polar surface area (TPSA) is 116 Å². The lowest BCUT2D eigenvalue weighted by molar-refractivity contribution is -0.139. The third-order valence-corrected chi connectivity index (χ3v) is 9.63. The van der Waals surface area contributed by atoms with Crippen molar-refractivity contribution in [3.05, 3.63) is 11.6 Å². The van der Waals surface area contributed by atoms with Gasteiger partial charge in [0.05, 0.1) is 36.6 Å². The standard InChI is InChI=1S/C37H68O7/c1-3-4-5-6-7-8-9-10-14-17-22-33(39)34(40)23-18-19-24-35(41)36-26-25-32(44-36)21-16-13-11-12-15-20-31(38)28-30-27-29(2)43-37(30)42/h27,29,31-36,38-41H,3-26,28H2,1-2H3/t29-,31?,32?,33?,34?,35?,36?/m0/s1. The number of unbranched alkanes of at least 4 members (excludes halogenated alkanes) is 14. The second-order valence-electron chi connectivity index (χ2n) is 13.8. The Morgan fingerprint density at radius 3 is 1.82 bits per heavy atom. The first-order chi connectivity index (χ1) is 21.3. The first kappa shape index (κ1) is 39.2. The van der Waals surface area contributed by atoms with Crippen LogP contribution in [-0.4, -0.2) is 69.1 Å². The van der Waals surface area contributed by atoms with Gasteiger partial charge < -0.3 is 29.9 Å². The molecule has 7 heteroatoms. The van der Waals surface area contributed by atoms with E-state index in [0.717, 1.165) is 77.0 Å². The molecule has 0 aliphatic carbocycles. The molecule has 0 amide bonds. The predicted molar refractivity (Wildman–Crippen MR) is 177 cm³/mol. The number of hydrogen-bond acceptors (Lipinski definition) is 7. The highest BCUT2D eigenvalue weighted by Gasteiger charge is 2.30. The minimum absolute atomic E-state index is 0.0800. The normalized spacial score (nSPS) is 23.0. The molecule has 258 valence electrons. The molecule has 0 saturated carbocycles. The van der Waals surface area contributed by atoms with Crippen LogP contribution in [0.2, 0.25) is 0 Å². The minimum atomic E-state index is -0.665. The first-order valence-electron chi connectivity index (χ1n) is 18.6. The Bertz CT molecular complexity index is 756. The maximum atomic E-state index is 11.7. The van der Waals surface area contributed by atoms with Crippen molar-refractivity contribution in [3.63, 3.8) is 0 Å². The fourth-order valence-electron chi connectivity index (χ4n) is 6.77. The third kappa shape index (κ3) is 17.6. The molecule has 7 atom stereocenters. The molecule has 0 radical (unpaired) electrons. The lowest BCUT2D eigenvalue weighted by Gasteiger charge is -2.20. The van der Waals surface area contributed by atoms with Crippen molar-refractivity contribution in [3.8, 4) is 0 Å². The zero-order valence-corrected chi connectivity index (χ0v) is 28.3. The molecule has 2 rings (SSSR count). The fraction of sp³-hybridized carbons (Fsp3) is 0.919. The number of aliphatic hydroxyl groups excluding tert-OH is 4. The molecule has 2 aliphatic rings. The van der Waals surface area contributed by atoms with E-state index in [1.54, 1.807) is 6.08 Å². The van der Waals surface area contributed by atoms with Crippen LogP contribution in [-0.2, 0) is 14.3 Å². The Balaban J connectivity index is 1.39. The summed E-state index contributed by atoms with van der Waals surface area (Å²) in [6, 6.07) is 0. The predicted octanol–water partition coefficient (Wildman–Crippen LogP) is 7.84. The smallest absolute Gasteiger partial charge is 0.334 e. The Morgan fingerprint density at radius 1 is 0.705 bits per heavy atom. The van der Waals surface area contributed by atoms with Crippen LogP contribution in [0, 0.1) is 0 Å². The van der Waals surface area contributed by atoms with E-state index in [1.807, 2.05) is 6.92 Å². The monoisotopic (exact) mass is 624 g/mol. The number of aliphatic hydroxyl groups is 4. The molecule has 4 N–H and O–H groups in total. The van der Waals surface area contributed by atoms with Gasteiger partial charge in [0.15, 0.2) is 0 Å². The van der Waals surface area contributed by atoms with E-state index in [0.29, 0.717) is 37.7 Å². The number of carbonyl (C=O) groups is 1. The van der Waals surface area contributed by atoms with E-state index in [2.05, 4.69) is 6.92 Å². The van der Waals surface area contributed by atoms with Crippen LogP contribution in [0.25, 0.3) is 0 Å². The van der Waals surface area contributed by atoms with E-state index in [1.165, 1.54) is 51.4 Å². The van der Waals surface area contributed by atoms with Gasteiger partial charge in [0.1, 0.15) is 6.10 Å². The van der Waals surface area contributed by atoms with Crippen molar-refractivity contribution < 1.29 is 34.7 Å². The van der Waals surface area contributed by atoms with Crippen molar-refractivity contribution in [2.45, 2.75) is 217 Å². The summed E-state index contributed by atoms with van der Waals surface area (Å²) in [7, 11) is 0. The van der Waals surface area contributed by atoms with Gasteiger partial charge in [-0.3, -0.25) is 0 Å². The van der Waals surface area contributed by atoms with E-state index < -0.39 is 24.4 Å². The largest absolute Gasteiger partial charge is 0.455 e. The molecule has 0 bridgehead atoms. The minimum Gasteiger partial charge on any atom is -0.455 e. The summed E-state index contributed by atoms with van der Waals surface area (Å²) in [6.07, 6.45) is 25.3. The summed E-state index contributed by atoms with van der Waals surface area (Å²) in [6.45, 7) is 4.08. The molecule has 0 spiro atoms. The van der Waals surface area contributed by atoms with Gasteiger partial charge >= 0.3 is 5.97 Å². The Kier molecular flexibility index (Phi) is 21.6. The number of rotatable bonds is 28. The number of carbonyl (C=O) groups excluding carboxylic acids is 1. The number of esters is 1. The van der Waals surface area contributed by atoms with E-state index in [4.69, 9.17) is 9.47 Å². The molecule has 2 heterocycles. The summed E-state index contributed by atoms with van der Waals surface area (Å²) in [5, 5.41) is 41.5. The highest BCUT2D eigenvalue weighted by molar-refractivity contribution is 5.90. The van der Waals surface area contributed by atoms with Crippen LogP contribution in [0.1, 0.15) is 174 Å². The molecule has 0 aromatic heterocycles. The third-order valence-electron chi connectivity index (χ3n) is 9.63. The van der Waals surface area contributed by atoms with E-state index >= 15 is 0 Å². The summed E-state index contributed by atoms with van der Waals surface area (Å²) >= 11 is 0. The molecule has 7 nitrogen and oxygen atoms in total. The van der Waals surface area contributed by atoms with Gasteiger partial charge in [-0.2, -0.15) is 0 Å². The molecule has 0 aromatic rings. The number of hydrogen-bond donors (Lipinski definition) is 4. The zero-order valence-electron chi connectivity index (χ0n) is 28.3. The van der Waals surface area contributed by atoms with Crippen LogP contribution in [0.15, 0.2) is 11.6 Å². The average molecular weight is 625 g/mol. The van der Waals surface area contributed by atoms with Gasteiger partial charge in [-0.25, -0.2) is 4.79 Å². The molecular formula is C37H68O7. The summed E-state index contributed by atoms with van der Waals surface area (Å²) in [5.41, 5.74) is 0.605. The van der Waals surface area contributed by atoms with Crippen LogP contribution in [0.5, 0.6) is 0 Å². The maximum absolute atomic E-state index is 11.7. The van der Waals surface area contributed by atoms with Gasteiger partial charge in [-0.15, -0.1) is 0 Å². The summed E-state index contributed by atoms with van der Waals surface area (Å²) < 4.78 is 11.3. The van der Waals surface area contributed by atoms with Crippen LogP contribution in [0.4, 0.5) is 0 Å². The number of ether oxygens (including phenoxy) is 2.